The first kappa shape index (κ1) is 9.09. The number of aliphatic hydroxyl groups is 1. The van der Waals surface area contributed by atoms with Crippen molar-refractivity contribution in [1.29, 1.82) is 0 Å². The molecule has 2 unspecified atom stereocenters. The maximum absolute atomic E-state index is 9.53. The molecule has 0 aromatic carbocycles. The summed E-state index contributed by atoms with van der Waals surface area (Å²) in [6.07, 6.45) is 4.61. The first-order chi connectivity index (χ1) is 5.70. The van der Waals surface area contributed by atoms with E-state index in [9.17, 15) is 5.11 Å². The van der Waals surface area contributed by atoms with Gasteiger partial charge in [0.1, 0.15) is 6.33 Å². The summed E-state index contributed by atoms with van der Waals surface area (Å²) < 4.78 is 0. The molecule has 1 rings (SSSR count). The van der Waals surface area contributed by atoms with Gasteiger partial charge in [-0.05, 0) is 13.3 Å². The third kappa shape index (κ3) is 2.56. The Morgan fingerprint density at radius 3 is 2.58 bits per heavy atom. The maximum Gasteiger partial charge on any atom is 0.115 e. The molecule has 4 heteroatoms. The zero-order valence-corrected chi connectivity index (χ0v) is 7.01. The van der Waals surface area contributed by atoms with Gasteiger partial charge in [-0.1, -0.05) is 0 Å². The van der Waals surface area contributed by atoms with Crippen LogP contribution in [0.5, 0.6) is 0 Å². The smallest absolute Gasteiger partial charge is 0.115 e. The molecule has 0 amide bonds. The molecule has 0 radical (unpaired) electrons. The van der Waals surface area contributed by atoms with Crippen molar-refractivity contribution in [2.45, 2.75) is 25.5 Å². The fraction of sp³-hybridized carbons (Fsp3) is 0.500. The first-order valence-electron chi connectivity index (χ1n) is 3.88. The van der Waals surface area contributed by atoms with Gasteiger partial charge in [0.05, 0.1) is 6.10 Å². The summed E-state index contributed by atoms with van der Waals surface area (Å²) >= 11 is 0. The van der Waals surface area contributed by atoms with Crippen LogP contribution in [0.4, 0.5) is 0 Å². The van der Waals surface area contributed by atoms with Gasteiger partial charge >= 0.3 is 0 Å². The summed E-state index contributed by atoms with van der Waals surface area (Å²) in [5, 5.41) is 9.53. The fourth-order valence-corrected chi connectivity index (χ4v) is 0.971. The van der Waals surface area contributed by atoms with Crippen molar-refractivity contribution >= 4 is 0 Å². The van der Waals surface area contributed by atoms with E-state index in [1.807, 2.05) is 6.92 Å². The van der Waals surface area contributed by atoms with Crippen LogP contribution in [0.25, 0.3) is 0 Å². The summed E-state index contributed by atoms with van der Waals surface area (Å²) in [7, 11) is 0. The van der Waals surface area contributed by atoms with Crippen molar-refractivity contribution in [3.8, 4) is 0 Å². The molecule has 1 aromatic rings. The zero-order valence-electron chi connectivity index (χ0n) is 7.01. The van der Waals surface area contributed by atoms with Gasteiger partial charge in [-0.25, -0.2) is 9.97 Å². The average Bonchev–Trinajstić information content (AvgIpc) is 2.05. The molecule has 3 N–H and O–H groups in total. The fourth-order valence-electron chi connectivity index (χ4n) is 0.971. The van der Waals surface area contributed by atoms with Crippen molar-refractivity contribution in [3.05, 3.63) is 24.3 Å². The van der Waals surface area contributed by atoms with Gasteiger partial charge in [-0.2, -0.15) is 0 Å². The van der Waals surface area contributed by atoms with E-state index >= 15 is 0 Å². The van der Waals surface area contributed by atoms with Gasteiger partial charge in [0.15, 0.2) is 0 Å². The molecule has 4 nitrogen and oxygen atoms in total. The first-order valence-corrected chi connectivity index (χ1v) is 3.88. The van der Waals surface area contributed by atoms with Gasteiger partial charge in [-0.3, -0.25) is 0 Å². The molecule has 0 aliphatic carbocycles. The Morgan fingerprint density at radius 1 is 1.50 bits per heavy atom. The van der Waals surface area contributed by atoms with Crippen molar-refractivity contribution in [2.75, 3.05) is 0 Å². The summed E-state index contributed by atoms with van der Waals surface area (Å²) in [4.78, 5) is 7.60. The molecule has 0 spiro atoms. The van der Waals surface area contributed by atoms with E-state index in [2.05, 4.69) is 9.97 Å². The highest BCUT2D eigenvalue weighted by molar-refractivity contribution is 5.06. The molecule has 1 heterocycles. The number of hydrogen-bond donors (Lipinski definition) is 2. The van der Waals surface area contributed by atoms with E-state index in [0.29, 0.717) is 6.42 Å². The molecular formula is C8H13N3O. The van der Waals surface area contributed by atoms with Gasteiger partial charge in [0, 0.05) is 24.0 Å². The second kappa shape index (κ2) is 4.13. The van der Waals surface area contributed by atoms with Crippen LogP contribution in [-0.4, -0.2) is 21.1 Å². The summed E-state index contributed by atoms with van der Waals surface area (Å²) in [6.45, 7) is 1.85. The molecule has 66 valence electrons. The van der Waals surface area contributed by atoms with E-state index in [0.717, 1.165) is 5.56 Å². The molecule has 1 aromatic heterocycles. The summed E-state index contributed by atoms with van der Waals surface area (Å²) in [5.41, 5.74) is 6.25. The second-order valence-corrected chi connectivity index (χ2v) is 2.90. The molecule has 0 fully saturated rings. The molecule has 12 heavy (non-hydrogen) atoms. The Bertz CT molecular complexity index is 225. The van der Waals surface area contributed by atoms with Crippen LogP contribution in [0.2, 0.25) is 0 Å². The average molecular weight is 167 g/mol. The SMILES string of the molecule is CC(N)CC(O)c1cncnc1. The standard InChI is InChI=1S/C8H13N3O/c1-6(9)2-8(12)7-3-10-5-11-4-7/h3-6,8,12H,2,9H2,1H3. The Labute approximate surface area is 71.5 Å². The van der Waals surface area contributed by atoms with Crippen LogP contribution in [0, 0.1) is 0 Å². The van der Waals surface area contributed by atoms with Crippen LogP contribution in [0.1, 0.15) is 25.0 Å². The van der Waals surface area contributed by atoms with Gasteiger partial charge in [0.2, 0.25) is 0 Å². The zero-order chi connectivity index (χ0) is 8.97. The lowest BCUT2D eigenvalue weighted by Crippen LogP contribution is -2.18. The van der Waals surface area contributed by atoms with Gasteiger partial charge in [0.25, 0.3) is 0 Å². The van der Waals surface area contributed by atoms with Gasteiger partial charge in [-0.15, -0.1) is 0 Å². The normalized spacial score (nSPS) is 15.6. The minimum absolute atomic E-state index is 0.0137. The second-order valence-electron chi connectivity index (χ2n) is 2.90. The predicted octanol–water partition coefficient (Wildman–Crippen LogP) is 0.247. The number of aliphatic hydroxyl groups excluding tert-OH is 1. The van der Waals surface area contributed by atoms with Crippen molar-refractivity contribution in [3.63, 3.8) is 0 Å². The van der Waals surface area contributed by atoms with Crippen LogP contribution >= 0.6 is 0 Å². The van der Waals surface area contributed by atoms with Gasteiger partial charge < -0.3 is 10.8 Å². The Morgan fingerprint density at radius 2 is 2.08 bits per heavy atom. The van der Waals surface area contributed by atoms with Crippen LogP contribution in [0.15, 0.2) is 18.7 Å². The minimum Gasteiger partial charge on any atom is -0.388 e. The number of rotatable bonds is 3. The van der Waals surface area contributed by atoms with E-state index in [1.165, 1.54) is 6.33 Å². The lowest BCUT2D eigenvalue weighted by molar-refractivity contribution is 0.159. The third-order valence-electron chi connectivity index (χ3n) is 1.56. The van der Waals surface area contributed by atoms with E-state index < -0.39 is 6.10 Å². The molecule has 0 saturated carbocycles. The number of nitrogens with two attached hydrogens (primary N) is 1. The highest BCUT2D eigenvalue weighted by Gasteiger charge is 2.09. The van der Waals surface area contributed by atoms with Crippen molar-refractivity contribution < 1.29 is 5.11 Å². The van der Waals surface area contributed by atoms with E-state index in [-0.39, 0.29) is 6.04 Å². The molecular weight excluding hydrogens is 154 g/mol. The van der Waals surface area contributed by atoms with Crippen LogP contribution < -0.4 is 5.73 Å². The predicted molar refractivity (Wildman–Crippen MR) is 45.3 cm³/mol. The highest BCUT2D eigenvalue weighted by atomic mass is 16.3. The molecule has 2 atom stereocenters. The minimum atomic E-state index is -0.550. The molecule has 0 saturated heterocycles. The lowest BCUT2D eigenvalue weighted by atomic mass is 10.1. The number of hydrogen-bond acceptors (Lipinski definition) is 4. The van der Waals surface area contributed by atoms with Crippen molar-refractivity contribution in [1.82, 2.24) is 9.97 Å². The number of nitrogens with zero attached hydrogens (tertiary/aromatic N) is 2. The van der Waals surface area contributed by atoms with E-state index in [1.54, 1.807) is 12.4 Å². The summed E-state index contributed by atoms with van der Waals surface area (Å²) in [6, 6.07) is -0.0137. The molecule has 0 bridgehead atoms. The topological polar surface area (TPSA) is 72.0 Å². The monoisotopic (exact) mass is 167 g/mol. The Kier molecular flexibility index (Phi) is 3.13. The molecule has 0 aliphatic heterocycles. The maximum atomic E-state index is 9.53. The highest BCUT2D eigenvalue weighted by Crippen LogP contribution is 2.14. The quantitative estimate of drug-likeness (QED) is 0.676. The largest absolute Gasteiger partial charge is 0.388 e. The van der Waals surface area contributed by atoms with Crippen molar-refractivity contribution in [2.24, 2.45) is 5.73 Å². The summed E-state index contributed by atoms with van der Waals surface area (Å²) in [5.74, 6) is 0. The Balaban J connectivity index is 2.59. The Hall–Kier alpha value is -1.00. The third-order valence-corrected chi connectivity index (χ3v) is 1.56. The van der Waals surface area contributed by atoms with E-state index in [4.69, 9.17) is 5.73 Å². The number of aromatic nitrogens is 2. The lowest BCUT2D eigenvalue weighted by Gasteiger charge is -2.11. The molecule has 0 aliphatic rings. The van der Waals surface area contributed by atoms with Crippen LogP contribution in [0.3, 0.4) is 0 Å². The van der Waals surface area contributed by atoms with Crippen LogP contribution in [-0.2, 0) is 0 Å².